The van der Waals surface area contributed by atoms with Crippen molar-refractivity contribution in [3.05, 3.63) is 35.9 Å². The fourth-order valence-electron chi connectivity index (χ4n) is 3.52. The number of hydrogen-bond donors (Lipinski definition) is 0. The molecule has 0 N–H and O–H groups in total. The minimum atomic E-state index is 0.100. The molecule has 0 atom stereocenters. The number of urea groups is 1. The summed E-state index contributed by atoms with van der Waals surface area (Å²) < 4.78 is 5.31. The van der Waals surface area contributed by atoms with Crippen molar-refractivity contribution in [1.29, 1.82) is 0 Å². The molecule has 0 aromatic heterocycles. The van der Waals surface area contributed by atoms with Gasteiger partial charge in [-0.25, -0.2) is 4.79 Å². The Bertz CT molecular complexity index is 611. The van der Waals surface area contributed by atoms with Crippen molar-refractivity contribution in [2.75, 3.05) is 65.6 Å². The summed E-state index contributed by atoms with van der Waals surface area (Å²) in [4.78, 5) is 33.0. The zero-order valence-corrected chi connectivity index (χ0v) is 16.2. The summed E-state index contributed by atoms with van der Waals surface area (Å²) in [6, 6.07) is 10.2. The van der Waals surface area contributed by atoms with Crippen LogP contribution in [0.5, 0.6) is 0 Å². The molecular weight excluding hydrogens is 344 g/mol. The average Bonchev–Trinajstić information content (AvgIpc) is 2.73. The number of likely N-dealkylation sites (N-methyl/N-ethyl adjacent to an activating group) is 1. The van der Waals surface area contributed by atoms with Crippen LogP contribution >= 0.6 is 0 Å². The molecule has 0 unspecified atom stereocenters. The molecule has 1 aromatic rings. The maximum atomic E-state index is 12.7. The number of hydrogen-bond acceptors (Lipinski definition) is 4. The number of carbonyl (C=O) groups excluding carboxylic acids is 2. The van der Waals surface area contributed by atoms with Gasteiger partial charge in [-0.2, -0.15) is 0 Å². The lowest BCUT2D eigenvalue weighted by Gasteiger charge is -2.38. The minimum Gasteiger partial charge on any atom is -0.378 e. The standard InChI is InChI=1S/C20H30N4O3/c1-2-22(16-18-6-4-3-5-7-18)19(25)17-21-8-10-23(11-9-21)20(26)24-12-14-27-15-13-24/h3-7H,2,8-17H2,1H3. The van der Waals surface area contributed by atoms with Crippen molar-refractivity contribution in [2.24, 2.45) is 0 Å². The largest absolute Gasteiger partial charge is 0.378 e. The second-order valence-electron chi connectivity index (χ2n) is 7.04. The van der Waals surface area contributed by atoms with Gasteiger partial charge in [-0.3, -0.25) is 9.69 Å². The van der Waals surface area contributed by atoms with Crippen LogP contribution in [0.15, 0.2) is 30.3 Å². The van der Waals surface area contributed by atoms with Gasteiger partial charge >= 0.3 is 6.03 Å². The number of ether oxygens (including phenoxy) is 1. The predicted octanol–water partition coefficient (Wildman–Crippen LogP) is 1.10. The molecule has 3 amide bonds. The van der Waals surface area contributed by atoms with Crippen LogP contribution in [0.1, 0.15) is 12.5 Å². The maximum Gasteiger partial charge on any atom is 0.320 e. The van der Waals surface area contributed by atoms with Crippen LogP contribution in [-0.2, 0) is 16.1 Å². The van der Waals surface area contributed by atoms with Gasteiger partial charge in [0.1, 0.15) is 0 Å². The fraction of sp³-hybridized carbons (Fsp3) is 0.600. The molecule has 2 aliphatic heterocycles. The highest BCUT2D eigenvalue weighted by Crippen LogP contribution is 2.10. The SMILES string of the molecule is CCN(Cc1ccccc1)C(=O)CN1CCN(C(=O)N2CCOCC2)CC1. The summed E-state index contributed by atoms with van der Waals surface area (Å²) in [6.07, 6.45) is 0. The van der Waals surface area contributed by atoms with Crippen LogP contribution < -0.4 is 0 Å². The second-order valence-corrected chi connectivity index (χ2v) is 7.04. The lowest BCUT2D eigenvalue weighted by atomic mass is 10.2. The van der Waals surface area contributed by atoms with Crippen LogP contribution in [-0.4, -0.2) is 97.1 Å². The quantitative estimate of drug-likeness (QED) is 0.775. The highest BCUT2D eigenvalue weighted by molar-refractivity contribution is 5.78. The van der Waals surface area contributed by atoms with Gasteiger partial charge in [0.25, 0.3) is 0 Å². The molecule has 0 spiro atoms. The van der Waals surface area contributed by atoms with Crippen molar-refractivity contribution >= 4 is 11.9 Å². The first-order chi connectivity index (χ1) is 13.2. The molecule has 27 heavy (non-hydrogen) atoms. The number of nitrogens with zero attached hydrogens (tertiary/aromatic N) is 4. The van der Waals surface area contributed by atoms with Crippen molar-refractivity contribution in [1.82, 2.24) is 19.6 Å². The second kappa shape index (κ2) is 9.71. The van der Waals surface area contributed by atoms with Crippen LogP contribution in [0.25, 0.3) is 0 Å². The number of benzene rings is 1. The average molecular weight is 374 g/mol. The molecule has 148 valence electrons. The number of morpholine rings is 1. The maximum absolute atomic E-state index is 12.7. The van der Waals surface area contributed by atoms with Crippen molar-refractivity contribution in [3.63, 3.8) is 0 Å². The van der Waals surface area contributed by atoms with E-state index in [1.165, 1.54) is 0 Å². The van der Waals surface area contributed by atoms with Gasteiger partial charge < -0.3 is 19.4 Å². The van der Waals surface area contributed by atoms with E-state index in [0.29, 0.717) is 59.0 Å². The molecule has 0 bridgehead atoms. The smallest absolute Gasteiger partial charge is 0.320 e. The highest BCUT2D eigenvalue weighted by Gasteiger charge is 2.27. The zero-order valence-electron chi connectivity index (χ0n) is 16.2. The number of rotatable bonds is 5. The van der Waals surface area contributed by atoms with E-state index >= 15 is 0 Å². The van der Waals surface area contributed by atoms with Gasteiger partial charge in [-0.05, 0) is 12.5 Å². The zero-order chi connectivity index (χ0) is 19.1. The normalized spacial score (nSPS) is 18.4. The highest BCUT2D eigenvalue weighted by atomic mass is 16.5. The Hall–Kier alpha value is -2.12. The third-order valence-corrected chi connectivity index (χ3v) is 5.23. The van der Waals surface area contributed by atoms with E-state index in [1.54, 1.807) is 0 Å². The summed E-state index contributed by atoms with van der Waals surface area (Å²) in [6.45, 7) is 9.18. The number of piperazine rings is 1. The van der Waals surface area contributed by atoms with E-state index in [9.17, 15) is 9.59 Å². The number of amides is 3. The molecule has 2 heterocycles. The van der Waals surface area contributed by atoms with Gasteiger partial charge in [0.15, 0.2) is 0 Å². The van der Waals surface area contributed by atoms with Crippen LogP contribution in [0, 0.1) is 0 Å². The van der Waals surface area contributed by atoms with E-state index in [0.717, 1.165) is 18.7 Å². The lowest BCUT2D eigenvalue weighted by molar-refractivity contribution is -0.133. The Morgan fingerprint density at radius 3 is 2.22 bits per heavy atom. The summed E-state index contributed by atoms with van der Waals surface area (Å²) in [7, 11) is 0. The lowest BCUT2D eigenvalue weighted by Crippen LogP contribution is -2.55. The minimum absolute atomic E-state index is 0.100. The molecule has 2 saturated heterocycles. The monoisotopic (exact) mass is 374 g/mol. The Morgan fingerprint density at radius 1 is 0.963 bits per heavy atom. The summed E-state index contributed by atoms with van der Waals surface area (Å²) in [5.41, 5.74) is 1.15. The van der Waals surface area contributed by atoms with Gasteiger partial charge in [0.05, 0.1) is 19.8 Å². The molecule has 7 nitrogen and oxygen atoms in total. The van der Waals surface area contributed by atoms with Gasteiger partial charge in [-0.1, -0.05) is 30.3 Å². The first kappa shape index (κ1) is 19.6. The van der Waals surface area contributed by atoms with E-state index in [-0.39, 0.29) is 11.9 Å². The Morgan fingerprint density at radius 2 is 1.59 bits per heavy atom. The molecule has 7 heteroatoms. The van der Waals surface area contributed by atoms with E-state index in [4.69, 9.17) is 4.74 Å². The molecule has 3 rings (SSSR count). The van der Waals surface area contributed by atoms with Crippen LogP contribution in [0.3, 0.4) is 0 Å². The van der Waals surface area contributed by atoms with E-state index in [1.807, 2.05) is 52.0 Å². The summed E-state index contributed by atoms with van der Waals surface area (Å²) >= 11 is 0. The van der Waals surface area contributed by atoms with Crippen molar-refractivity contribution in [2.45, 2.75) is 13.5 Å². The third kappa shape index (κ3) is 5.43. The summed E-state index contributed by atoms with van der Waals surface area (Å²) in [5.74, 6) is 0.148. The Balaban J connectivity index is 1.45. The number of carbonyl (C=O) groups is 2. The third-order valence-electron chi connectivity index (χ3n) is 5.23. The van der Waals surface area contributed by atoms with Crippen LogP contribution in [0.2, 0.25) is 0 Å². The molecule has 0 radical (unpaired) electrons. The van der Waals surface area contributed by atoms with Gasteiger partial charge in [0.2, 0.25) is 5.91 Å². The topological polar surface area (TPSA) is 56.3 Å². The predicted molar refractivity (Wildman–Crippen MR) is 103 cm³/mol. The summed E-state index contributed by atoms with van der Waals surface area (Å²) in [5, 5.41) is 0. The molecule has 0 aliphatic carbocycles. The first-order valence-corrected chi connectivity index (χ1v) is 9.83. The molecular formula is C20H30N4O3. The van der Waals surface area contributed by atoms with Gasteiger partial charge in [-0.15, -0.1) is 0 Å². The van der Waals surface area contributed by atoms with E-state index in [2.05, 4.69) is 4.90 Å². The Kier molecular flexibility index (Phi) is 7.06. The molecule has 0 saturated carbocycles. The molecule has 1 aromatic carbocycles. The van der Waals surface area contributed by atoms with Crippen LogP contribution in [0.4, 0.5) is 4.79 Å². The van der Waals surface area contributed by atoms with Crippen molar-refractivity contribution in [3.8, 4) is 0 Å². The van der Waals surface area contributed by atoms with Gasteiger partial charge in [0, 0.05) is 52.4 Å². The fourth-order valence-corrected chi connectivity index (χ4v) is 3.52. The first-order valence-electron chi connectivity index (χ1n) is 9.83. The Labute approximate surface area is 161 Å². The molecule has 2 aliphatic rings. The molecule has 2 fully saturated rings. The van der Waals surface area contributed by atoms with Crippen molar-refractivity contribution < 1.29 is 14.3 Å². The van der Waals surface area contributed by atoms with E-state index < -0.39 is 0 Å².